The number of aryl methyl sites for hydroxylation is 1. The first-order chi connectivity index (χ1) is 12.0. The molecular weight excluding hydrogens is 348 g/mol. The monoisotopic (exact) mass is 365 g/mol. The summed E-state index contributed by atoms with van der Waals surface area (Å²) in [5.41, 5.74) is 1.47. The molecule has 0 atom stereocenters. The molecule has 2 aromatic carbocycles. The molecule has 0 aliphatic rings. The van der Waals surface area contributed by atoms with E-state index >= 15 is 0 Å². The van der Waals surface area contributed by atoms with Gasteiger partial charge in [-0.15, -0.1) is 0 Å². The Kier molecular flexibility index (Phi) is 7.40. The van der Waals surface area contributed by atoms with Gasteiger partial charge in [-0.05, 0) is 36.2 Å². The minimum absolute atomic E-state index is 0.191. The Balaban J connectivity index is 1.70. The highest BCUT2D eigenvalue weighted by Gasteiger charge is 2.09. The lowest BCUT2D eigenvalue weighted by Gasteiger charge is -2.07. The Labute approximate surface area is 148 Å². The maximum Gasteiger partial charge on any atom is 0.306 e. The van der Waals surface area contributed by atoms with Gasteiger partial charge in [0.15, 0.2) is 6.61 Å². The van der Waals surface area contributed by atoms with Gasteiger partial charge in [0.2, 0.25) is 0 Å². The largest absolute Gasteiger partial charge is 0.456 e. The number of ether oxygens (including phenoxy) is 1. The fourth-order valence-electron chi connectivity index (χ4n) is 2.03. The lowest BCUT2D eigenvalue weighted by Crippen LogP contribution is -2.21. The molecule has 0 aromatic heterocycles. The van der Waals surface area contributed by atoms with E-state index in [1.54, 1.807) is 0 Å². The lowest BCUT2D eigenvalue weighted by molar-refractivity contribution is -0.147. The number of carbonyl (C=O) groups is 2. The summed E-state index contributed by atoms with van der Waals surface area (Å²) in [4.78, 5) is 23.8. The van der Waals surface area contributed by atoms with Crippen LogP contribution in [-0.2, 0) is 20.7 Å². The van der Waals surface area contributed by atoms with Crippen molar-refractivity contribution in [2.24, 2.45) is 0 Å². The molecule has 0 spiro atoms. The van der Waals surface area contributed by atoms with Gasteiger partial charge in [0.05, 0.1) is 0 Å². The minimum Gasteiger partial charge on any atom is -0.456 e. The molecule has 0 saturated carbocycles. The number of rotatable bonds is 8. The predicted molar refractivity (Wildman–Crippen MR) is 92.7 cm³/mol. The Morgan fingerprint density at radius 1 is 1.04 bits per heavy atom. The van der Waals surface area contributed by atoms with E-state index in [0.717, 1.165) is 5.56 Å². The van der Waals surface area contributed by atoms with Crippen molar-refractivity contribution >= 4 is 29.3 Å². The molecule has 1 N–H and O–H groups in total. The van der Waals surface area contributed by atoms with Gasteiger partial charge < -0.3 is 10.1 Å². The summed E-state index contributed by atoms with van der Waals surface area (Å²) < 4.78 is 29.4. The zero-order valence-electron chi connectivity index (χ0n) is 13.3. The number of hydrogen-bond donors (Lipinski definition) is 1. The predicted octanol–water partition coefficient (Wildman–Crippen LogP) is 4.12. The normalized spacial score (nSPS) is 10.5. The molecule has 7 heteroatoms. The van der Waals surface area contributed by atoms with E-state index in [0.29, 0.717) is 28.8 Å². The highest BCUT2D eigenvalue weighted by Crippen LogP contribution is 2.26. The van der Waals surface area contributed by atoms with Gasteiger partial charge >= 0.3 is 5.97 Å². The van der Waals surface area contributed by atoms with Crippen LogP contribution in [-0.4, -0.2) is 24.2 Å². The highest BCUT2D eigenvalue weighted by molar-refractivity contribution is 7.99. The van der Waals surface area contributed by atoms with Gasteiger partial charge in [-0.2, -0.15) is 8.78 Å². The van der Waals surface area contributed by atoms with Crippen LogP contribution >= 0.6 is 11.8 Å². The zero-order valence-corrected chi connectivity index (χ0v) is 14.1. The number of thioether (sulfide) groups is 1. The van der Waals surface area contributed by atoms with E-state index in [2.05, 4.69) is 5.32 Å². The van der Waals surface area contributed by atoms with Crippen molar-refractivity contribution in [3.05, 3.63) is 60.2 Å². The van der Waals surface area contributed by atoms with Crippen LogP contribution in [0.4, 0.5) is 14.5 Å². The molecule has 2 rings (SSSR count). The number of nitrogens with one attached hydrogen (secondary N) is 1. The molecule has 2 aromatic rings. The molecule has 0 fully saturated rings. The second-order valence-corrected chi connectivity index (χ2v) is 6.16. The number of halogens is 2. The van der Waals surface area contributed by atoms with Crippen molar-refractivity contribution in [2.75, 3.05) is 11.9 Å². The molecule has 0 heterocycles. The first-order valence-corrected chi connectivity index (χ1v) is 8.45. The fourth-order valence-corrected chi connectivity index (χ4v) is 2.53. The van der Waals surface area contributed by atoms with Crippen LogP contribution in [0.2, 0.25) is 0 Å². The molecule has 0 aliphatic heterocycles. The van der Waals surface area contributed by atoms with Crippen LogP contribution in [0.1, 0.15) is 12.0 Å². The number of alkyl halides is 2. The lowest BCUT2D eigenvalue weighted by atomic mass is 10.1. The van der Waals surface area contributed by atoms with Gasteiger partial charge in [-0.3, -0.25) is 9.59 Å². The topological polar surface area (TPSA) is 55.4 Å². The quantitative estimate of drug-likeness (QED) is 0.565. The summed E-state index contributed by atoms with van der Waals surface area (Å²) in [7, 11) is 0. The fraction of sp³-hybridized carbons (Fsp3) is 0.222. The number of anilines is 1. The number of benzene rings is 2. The molecule has 0 radical (unpaired) electrons. The first-order valence-electron chi connectivity index (χ1n) is 7.57. The average molecular weight is 365 g/mol. The summed E-state index contributed by atoms with van der Waals surface area (Å²) in [6.07, 6.45) is 0.737. The van der Waals surface area contributed by atoms with Crippen molar-refractivity contribution in [3.8, 4) is 0 Å². The van der Waals surface area contributed by atoms with Crippen LogP contribution < -0.4 is 5.32 Å². The summed E-state index contributed by atoms with van der Waals surface area (Å²) in [6, 6.07) is 15.5. The van der Waals surface area contributed by atoms with Crippen molar-refractivity contribution in [1.82, 2.24) is 0 Å². The van der Waals surface area contributed by atoms with E-state index in [1.165, 1.54) is 24.3 Å². The third-order valence-electron chi connectivity index (χ3n) is 3.19. The average Bonchev–Trinajstić information content (AvgIpc) is 2.60. The summed E-state index contributed by atoms with van der Waals surface area (Å²) in [5.74, 6) is -3.43. The molecule has 0 aliphatic carbocycles. The van der Waals surface area contributed by atoms with Gasteiger partial charge in [-0.1, -0.05) is 42.1 Å². The Bertz CT molecular complexity index is 693. The van der Waals surface area contributed by atoms with Crippen LogP contribution in [0.25, 0.3) is 0 Å². The molecule has 25 heavy (non-hydrogen) atoms. The molecule has 132 valence electrons. The maximum absolute atomic E-state index is 12.2. The van der Waals surface area contributed by atoms with Gasteiger partial charge in [0.1, 0.15) is 0 Å². The third-order valence-corrected chi connectivity index (χ3v) is 3.91. The SMILES string of the molecule is O=C(COC(=O)CCc1ccccc1)Nc1ccc(SC(F)F)cc1. The Hall–Kier alpha value is -2.41. The Morgan fingerprint density at radius 3 is 2.36 bits per heavy atom. The minimum atomic E-state index is -2.49. The summed E-state index contributed by atoms with van der Waals surface area (Å²) in [5, 5.41) is 2.54. The van der Waals surface area contributed by atoms with Crippen molar-refractivity contribution in [3.63, 3.8) is 0 Å². The number of carbonyl (C=O) groups excluding carboxylic acids is 2. The van der Waals surface area contributed by atoms with Crippen molar-refractivity contribution in [1.29, 1.82) is 0 Å². The van der Waals surface area contributed by atoms with Crippen LogP contribution in [0.3, 0.4) is 0 Å². The van der Waals surface area contributed by atoms with Crippen LogP contribution in [0, 0.1) is 0 Å². The van der Waals surface area contributed by atoms with Crippen molar-refractivity contribution < 1.29 is 23.1 Å². The third kappa shape index (κ3) is 7.34. The molecule has 0 saturated heterocycles. The highest BCUT2D eigenvalue weighted by atomic mass is 32.2. The Morgan fingerprint density at radius 2 is 1.72 bits per heavy atom. The van der Waals surface area contributed by atoms with E-state index in [4.69, 9.17) is 4.74 Å². The van der Waals surface area contributed by atoms with Gasteiger partial charge in [-0.25, -0.2) is 0 Å². The molecule has 0 bridgehead atoms. The number of amides is 1. The smallest absolute Gasteiger partial charge is 0.306 e. The summed E-state index contributed by atoms with van der Waals surface area (Å²) >= 11 is 0.428. The number of hydrogen-bond acceptors (Lipinski definition) is 4. The second kappa shape index (κ2) is 9.78. The molecule has 1 amide bonds. The van der Waals surface area contributed by atoms with E-state index < -0.39 is 17.6 Å². The molecule has 4 nitrogen and oxygen atoms in total. The van der Waals surface area contributed by atoms with Gasteiger partial charge in [0.25, 0.3) is 11.7 Å². The first kappa shape index (κ1) is 18.9. The van der Waals surface area contributed by atoms with E-state index in [1.807, 2.05) is 30.3 Å². The zero-order chi connectivity index (χ0) is 18.1. The molecule has 0 unspecified atom stereocenters. The van der Waals surface area contributed by atoms with Crippen LogP contribution in [0.15, 0.2) is 59.5 Å². The maximum atomic E-state index is 12.2. The van der Waals surface area contributed by atoms with E-state index in [9.17, 15) is 18.4 Å². The van der Waals surface area contributed by atoms with E-state index in [-0.39, 0.29) is 13.0 Å². The van der Waals surface area contributed by atoms with Crippen molar-refractivity contribution in [2.45, 2.75) is 23.5 Å². The van der Waals surface area contributed by atoms with Crippen LogP contribution in [0.5, 0.6) is 0 Å². The summed E-state index contributed by atoms with van der Waals surface area (Å²) in [6.45, 7) is -0.388. The van der Waals surface area contributed by atoms with Gasteiger partial charge in [0, 0.05) is 17.0 Å². The molecular formula is C18H17F2NO3S. The standard InChI is InChI=1S/C18H17F2NO3S/c19-18(20)25-15-9-7-14(8-10-15)21-16(22)12-24-17(23)11-6-13-4-2-1-3-5-13/h1-5,7-10,18H,6,11-12H2,(H,21,22). The number of esters is 1. The second-order valence-electron chi connectivity index (χ2n) is 5.10.